The second kappa shape index (κ2) is 5.87. The van der Waals surface area contributed by atoms with Gasteiger partial charge in [-0.2, -0.15) is 0 Å². The zero-order valence-electron chi connectivity index (χ0n) is 12.2. The van der Waals surface area contributed by atoms with Crippen molar-refractivity contribution in [3.05, 3.63) is 18.2 Å². The van der Waals surface area contributed by atoms with E-state index in [1.807, 2.05) is 12.4 Å². The second-order valence-corrected chi connectivity index (χ2v) is 6.27. The number of aromatic nitrogens is 2. The summed E-state index contributed by atoms with van der Waals surface area (Å²) < 4.78 is 2.10. The van der Waals surface area contributed by atoms with Gasteiger partial charge in [0.15, 0.2) is 0 Å². The lowest BCUT2D eigenvalue weighted by molar-refractivity contribution is 0.168. The van der Waals surface area contributed by atoms with Crippen LogP contribution in [0.3, 0.4) is 0 Å². The van der Waals surface area contributed by atoms with Gasteiger partial charge < -0.3 is 9.88 Å². The lowest BCUT2D eigenvalue weighted by Gasteiger charge is -2.38. The molecule has 3 atom stereocenters. The summed E-state index contributed by atoms with van der Waals surface area (Å²) in [5.74, 6) is 3.59. The van der Waals surface area contributed by atoms with E-state index in [0.29, 0.717) is 6.04 Å². The first-order valence-electron chi connectivity index (χ1n) is 7.27. The molecule has 1 heterocycles. The molecule has 0 aliphatic heterocycles. The normalized spacial score (nSPS) is 28.8. The number of nitrogens with zero attached hydrogens (tertiary/aromatic N) is 2. The first-order chi connectivity index (χ1) is 8.58. The fraction of sp³-hybridized carbons (Fsp3) is 0.800. The van der Waals surface area contributed by atoms with Crippen molar-refractivity contribution in [2.45, 2.75) is 52.6 Å². The predicted octanol–water partition coefficient (Wildman–Crippen LogP) is 2.97. The summed E-state index contributed by atoms with van der Waals surface area (Å²) in [4.78, 5) is 4.39. The standard InChI is InChI=1S/C15H27N3/c1-11(2)13-6-5-12(3)9-14(13)17-10-15-16-7-8-18(15)4/h7-8,11-14,17H,5-6,9-10H2,1-4H3. The average Bonchev–Trinajstić information content (AvgIpc) is 2.72. The van der Waals surface area contributed by atoms with Gasteiger partial charge in [0.05, 0.1) is 6.54 Å². The number of hydrogen-bond donors (Lipinski definition) is 1. The highest BCUT2D eigenvalue weighted by molar-refractivity contribution is 4.93. The Kier molecular flexibility index (Phi) is 4.44. The molecule has 1 aromatic rings. The Hall–Kier alpha value is -0.830. The van der Waals surface area contributed by atoms with E-state index in [9.17, 15) is 0 Å². The molecule has 0 saturated heterocycles. The van der Waals surface area contributed by atoms with Crippen LogP contribution in [0.15, 0.2) is 12.4 Å². The number of nitrogens with one attached hydrogen (secondary N) is 1. The third kappa shape index (κ3) is 3.14. The van der Waals surface area contributed by atoms with Crippen LogP contribution in [0.5, 0.6) is 0 Å². The Balaban J connectivity index is 1.94. The van der Waals surface area contributed by atoms with E-state index in [2.05, 4.69) is 42.7 Å². The van der Waals surface area contributed by atoms with Crippen LogP contribution >= 0.6 is 0 Å². The van der Waals surface area contributed by atoms with Crippen LogP contribution < -0.4 is 5.32 Å². The van der Waals surface area contributed by atoms with Crippen molar-refractivity contribution >= 4 is 0 Å². The fourth-order valence-electron chi connectivity index (χ4n) is 3.23. The quantitative estimate of drug-likeness (QED) is 0.889. The molecule has 1 fully saturated rings. The topological polar surface area (TPSA) is 29.9 Å². The van der Waals surface area contributed by atoms with E-state index in [-0.39, 0.29) is 0 Å². The van der Waals surface area contributed by atoms with Crippen LogP contribution in [0.2, 0.25) is 0 Å². The van der Waals surface area contributed by atoms with Gasteiger partial charge in [0.25, 0.3) is 0 Å². The van der Waals surface area contributed by atoms with Gasteiger partial charge in [0.2, 0.25) is 0 Å². The zero-order chi connectivity index (χ0) is 13.1. The lowest BCUT2D eigenvalue weighted by Crippen LogP contribution is -2.42. The average molecular weight is 249 g/mol. The molecule has 1 aromatic heterocycles. The molecule has 0 amide bonds. The van der Waals surface area contributed by atoms with Crippen molar-refractivity contribution < 1.29 is 0 Å². The van der Waals surface area contributed by atoms with Crippen LogP contribution in [0, 0.1) is 17.8 Å². The molecule has 1 aliphatic rings. The first kappa shape index (κ1) is 13.6. The minimum Gasteiger partial charge on any atom is -0.337 e. The van der Waals surface area contributed by atoms with Crippen molar-refractivity contribution in [1.29, 1.82) is 0 Å². The van der Waals surface area contributed by atoms with Crippen molar-refractivity contribution in [2.75, 3.05) is 0 Å². The third-order valence-electron chi connectivity index (χ3n) is 4.47. The largest absolute Gasteiger partial charge is 0.337 e. The molecule has 2 rings (SSSR count). The first-order valence-corrected chi connectivity index (χ1v) is 7.27. The van der Waals surface area contributed by atoms with Crippen LogP contribution in [0.4, 0.5) is 0 Å². The molecule has 3 nitrogen and oxygen atoms in total. The fourth-order valence-corrected chi connectivity index (χ4v) is 3.23. The maximum Gasteiger partial charge on any atom is 0.122 e. The predicted molar refractivity (Wildman–Crippen MR) is 75.2 cm³/mol. The van der Waals surface area contributed by atoms with Gasteiger partial charge in [-0.15, -0.1) is 0 Å². The smallest absolute Gasteiger partial charge is 0.122 e. The molecule has 0 bridgehead atoms. The zero-order valence-corrected chi connectivity index (χ0v) is 12.2. The summed E-state index contributed by atoms with van der Waals surface area (Å²) >= 11 is 0. The molecular weight excluding hydrogens is 222 g/mol. The van der Waals surface area contributed by atoms with E-state index in [4.69, 9.17) is 0 Å². The number of aryl methyl sites for hydroxylation is 1. The van der Waals surface area contributed by atoms with Gasteiger partial charge in [-0.25, -0.2) is 4.98 Å². The van der Waals surface area contributed by atoms with Crippen molar-refractivity contribution in [3.63, 3.8) is 0 Å². The Labute approximate surface area is 111 Å². The summed E-state index contributed by atoms with van der Waals surface area (Å²) in [6, 6.07) is 0.658. The highest BCUT2D eigenvalue weighted by atomic mass is 15.1. The van der Waals surface area contributed by atoms with Crippen LogP contribution in [0.25, 0.3) is 0 Å². The molecule has 0 radical (unpaired) electrons. The molecular formula is C15H27N3. The van der Waals surface area contributed by atoms with E-state index >= 15 is 0 Å². The molecule has 3 unspecified atom stereocenters. The minimum atomic E-state index is 0.658. The van der Waals surface area contributed by atoms with E-state index < -0.39 is 0 Å². The Bertz CT molecular complexity index is 370. The van der Waals surface area contributed by atoms with Crippen LogP contribution in [0.1, 0.15) is 45.9 Å². The van der Waals surface area contributed by atoms with Gasteiger partial charge in [0.1, 0.15) is 5.82 Å². The van der Waals surface area contributed by atoms with Gasteiger partial charge in [-0.3, -0.25) is 0 Å². The monoisotopic (exact) mass is 249 g/mol. The highest BCUT2D eigenvalue weighted by Crippen LogP contribution is 2.33. The van der Waals surface area contributed by atoms with Crippen LogP contribution in [-0.2, 0) is 13.6 Å². The van der Waals surface area contributed by atoms with Crippen LogP contribution in [-0.4, -0.2) is 15.6 Å². The maximum absolute atomic E-state index is 4.39. The summed E-state index contributed by atoms with van der Waals surface area (Å²) in [5.41, 5.74) is 0. The van der Waals surface area contributed by atoms with Gasteiger partial charge >= 0.3 is 0 Å². The molecule has 1 aliphatic carbocycles. The minimum absolute atomic E-state index is 0.658. The summed E-state index contributed by atoms with van der Waals surface area (Å²) in [6.07, 6.45) is 7.97. The van der Waals surface area contributed by atoms with E-state index in [1.54, 1.807) is 0 Å². The Morgan fingerprint density at radius 3 is 2.83 bits per heavy atom. The molecule has 18 heavy (non-hydrogen) atoms. The van der Waals surface area contributed by atoms with Crippen molar-refractivity contribution in [1.82, 2.24) is 14.9 Å². The maximum atomic E-state index is 4.39. The molecule has 0 aromatic carbocycles. The SMILES string of the molecule is CC1CCC(C(C)C)C(NCc2nccn2C)C1. The Morgan fingerprint density at radius 1 is 1.44 bits per heavy atom. The second-order valence-electron chi connectivity index (χ2n) is 6.27. The molecule has 0 spiro atoms. The van der Waals surface area contributed by atoms with Gasteiger partial charge in [0, 0.05) is 25.5 Å². The summed E-state index contributed by atoms with van der Waals surface area (Å²) in [6.45, 7) is 7.99. The highest BCUT2D eigenvalue weighted by Gasteiger charge is 2.30. The van der Waals surface area contributed by atoms with Crippen molar-refractivity contribution in [3.8, 4) is 0 Å². The Morgan fingerprint density at radius 2 is 2.22 bits per heavy atom. The van der Waals surface area contributed by atoms with E-state index in [1.165, 1.54) is 19.3 Å². The molecule has 3 heteroatoms. The summed E-state index contributed by atoms with van der Waals surface area (Å²) in [7, 11) is 2.06. The summed E-state index contributed by atoms with van der Waals surface area (Å²) in [5, 5.41) is 3.74. The lowest BCUT2D eigenvalue weighted by atomic mass is 9.74. The third-order valence-corrected chi connectivity index (χ3v) is 4.47. The van der Waals surface area contributed by atoms with E-state index in [0.717, 1.165) is 30.1 Å². The van der Waals surface area contributed by atoms with Gasteiger partial charge in [-0.05, 0) is 30.6 Å². The number of imidazole rings is 1. The number of rotatable bonds is 4. The molecule has 1 N–H and O–H groups in total. The number of hydrogen-bond acceptors (Lipinski definition) is 2. The van der Waals surface area contributed by atoms with Gasteiger partial charge in [-0.1, -0.05) is 27.2 Å². The van der Waals surface area contributed by atoms with Crippen molar-refractivity contribution in [2.24, 2.45) is 24.8 Å². The molecule has 1 saturated carbocycles. The molecule has 102 valence electrons.